The molecule has 1 aliphatic heterocycles. The van der Waals surface area contributed by atoms with Crippen LogP contribution in [0.4, 0.5) is 0 Å². The van der Waals surface area contributed by atoms with Gasteiger partial charge in [0.25, 0.3) is 0 Å². The van der Waals surface area contributed by atoms with Crippen LogP contribution in [-0.4, -0.2) is 24.2 Å². The van der Waals surface area contributed by atoms with Crippen LogP contribution in [0.15, 0.2) is 36.5 Å². The summed E-state index contributed by atoms with van der Waals surface area (Å²) in [7, 11) is 0. The number of hydrogen-bond acceptors (Lipinski definition) is 3. The zero-order valence-electron chi connectivity index (χ0n) is 10.4. The molecule has 0 spiro atoms. The molecule has 2 aromatic rings. The SMILES string of the molecule is c1cnc2c(CO[C@H]3CCCNC3)cccc2c1. The van der Waals surface area contributed by atoms with E-state index in [0.29, 0.717) is 12.7 Å². The van der Waals surface area contributed by atoms with Crippen molar-refractivity contribution in [3.8, 4) is 0 Å². The van der Waals surface area contributed by atoms with Crippen molar-refractivity contribution in [2.24, 2.45) is 0 Å². The Morgan fingerprint density at radius 3 is 3.11 bits per heavy atom. The molecule has 1 fully saturated rings. The van der Waals surface area contributed by atoms with Gasteiger partial charge in [0.1, 0.15) is 0 Å². The normalized spacial score (nSPS) is 20.1. The lowest BCUT2D eigenvalue weighted by atomic mass is 10.1. The van der Waals surface area contributed by atoms with E-state index in [-0.39, 0.29) is 0 Å². The minimum atomic E-state index is 0.345. The van der Waals surface area contributed by atoms with Gasteiger partial charge in [-0.05, 0) is 25.5 Å². The number of fused-ring (bicyclic) bond motifs is 1. The van der Waals surface area contributed by atoms with Gasteiger partial charge in [-0.3, -0.25) is 4.98 Å². The Labute approximate surface area is 107 Å². The molecule has 2 heterocycles. The van der Waals surface area contributed by atoms with E-state index in [1.165, 1.54) is 17.4 Å². The number of ether oxygens (including phenoxy) is 1. The minimum Gasteiger partial charge on any atom is -0.372 e. The molecule has 1 aromatic heterocycles. The van der Waals surface area contributed by atoms with Crippen molar-refractivity contribution in [1.82, 2.24) is 10.3 Å². The highest BCUT2D eigenvalue weighted by Crippen LogP contribution is 2.18. The van der Waals surface area contributed by atoms with Crippen LogP contribution in [-0.2, 0) is 11.3 Å². The van der Waals surface area contributed by atoms with Gasteiger partial charge in [-0.2, -0.15) is 0 Å². The maximum Gasteiger partial charge on any atom is 0.0757 e. The number of nitrogens with zero attached hydrogens (tertiary/aromatic N) is 1. The third-order valence-electron chi connectivity index (χ3n) is 3.44. The first kappa shape index (κ1) is 11.6. The summed E-state index contributed by atoms with van der Waals surface area (Å²) < 4.78 is 5.97. The molecule has 1 aromatic carbocycles. The molecule has 94 valence electrons. The Hall–Kier alpha value is -1.45. The average Bonchev–Trinajstić information content (AvgIpc) is 2.46. The van der Waals surface area contributed by atoms with Crippen molar-refractivity contribution in [2.45, 2.75) is 25.6 Å². The van der Waals surface area contributed by atoms with Crippen molar-refractivity contribution in [3.63, 3.8) is 0 Å². The molecule has 3 rings (SSSR count). The van der Waals surface area contributed by atoms with Gasteiger partial charge in [0, 0.05) is 23.7 Å². The van der Waals surface area contributed by atoms with Gasteiger partial charge >= 0.3 is 0 Å². The van der Waals surface area contributed by atoms with Gasteiger partial charge in [0.2, 0.25) is 0 Å². The van der Waals surface area contributed by atoms with E-state index in [2.05, 4.69) is 34.6 Å². The van der Waals surface area contributed by atoms with Gasteiger partial charge < -0.3 is 10.1 Å². The molecule has 0 saturated carbocycles. The van der Waals surface area contributed by atoms with Gasteiger partial charge in [-0.1, -0.05) is 24.3 Å². The first-order chi connectivity index (χ1) is 8.93. The average molecular weight is 242 g/mol. The lowest BCUT2D eigenvalue weighted by molar-refractivity contribution is 0.0258. The van der Waals surface area contributed by atoms with E-state index < -0.39 is 0 Å². The second-order valence-corrected chi connectivity index (χ2v) is 4.77. The Bertz CT molecular complexity index is 515. The number of nitrogens with one attached hydrogen (secondary N) is 1. The molecular weight excluding hydrogens is 224 g/mol. The number of hydrogen-bond donors (Lipinski definition) is 1. The molecule has 1 atom stereocenters. The molecule has 0 bridgehead atoms. The van der Waals surface area contributed by atoms with Gasteiger partial charge in [0.05, 0.1) is 18.2 Å². The van der Waals surface area contributed by atoms with E-state index in [1.54, 1.807) is 0 Å². The topological polar surface area (TPSA) is 34.1 Å². The highest BCUT2D eigenvalue weighted by atomic mass is 16.5. The van der Waals surface area contributed by atoms with Crippen molar-refractivity contribution >= 4 is 10.9 Å². The number of piperidine rings is 1. The fourth-order valence-electron chi connectivity index (χ4n) is 2.45. The number of rotatable bonds is 3. The van der Waals surface area contributed by atoms with Crippen LogP contribution in [0.5, 0.6) is 0 Å². The molecule has 1 saturated heterocycles. The summed E-state index contributed by atoms with van der Waals surface area (Å²) in [5.41, 5.74) is 2.24. The van der Waals surface area contributed by atoms with Crippen LogP contribution >= 0.6 is 0 Å². The smallest absolute Gasteiger partial charge is 0.0757 e. The van der Waals surface area contributed by atoms with Crippen LogP contribution in [0.25, 0.3) is 10.9 Å². The summed E-state index contributed by atoms with van der Waals surface area (Å²) in [6.45, 7) is 2.74. The Morgan fingerprint density at radius 2 is 2.22 bits per heavy atom. The fraction of sp³-hybridized carbons (Fsp3) is 0.400. The van der Waals surface area contributed by atoms with E-state index in [0.717, 1.165) is 25.0 Å². The maximum atomic E-state index is 5.97. The molecule has 3 nitrogen and oxygen atoms in total. The second-order valence-electron chi connectivity index (χ2n) is 4.77. The fourth-order valence-corrected chi connectivity index (χ4v) is 2.45. The highest BCUT2D eigenvalue weighted by Gasteiger charge is 2.13. The largest absolute Gasteiger partial charge is 0.372 e. The maximum absolute atomic E-state index is 5.97. The van der Waals surface area contributed by atoms with Crippen LogP contribution in [0.3, 0.4) is 0 Å². The van der Waals surface area contributed by atoms with E-state index in [9.17, 15) is 0 Å². The molecule has 0 amide bonds. The third kappa shape index (κ3) is 2.52. The van der Waals surface area contributed by atoms with Crippen molar-refractivity contribution in [2.75, 3.05) is 13.1 Å². The van der Waals surface area contributed by atoms with Gasteiger partial charge in [-0.15, -0.1) is 0 Å². The standard InChI is InChI=1S/C15H18N2O/c1-4-12-6-2-9-17-15(12)13(5-1)11-18-14-7-3-8-16-10-14/h1-2,4-6,9,14,16H,3,7-8,10-11H2/t14-/m0/s1. The molecule has 0 aliphatic carbocycles. The van der Waals surface area contributed by atoms with Crippen LogP contribution < -0.4 is 5.32 Å². The number of benzene rings is 1. The van der Waals surface area contributed by atoms with Gasteiger partial charge in [0.15, 0.2) is 0 Å². The monoisotopic (exact) mass is 242 g/mol. The van der Waals surface area contributed by atoms with Crippen molar-refractivity contribution in [1.29, 1.82) is 0 Å². The van der Waals surface area contributed by atoms with Gasteiger partial charge in [-0.25, -0.2) is 0 Å². The molecule has 1 N–H and O–H groups in total. The molecular formula is C15H18N2O. The minimum absolute atomic E-state index is 0.345. The highest BCUT2D eigenvalue weighted by molar-refractivity contribution is 5.81. The molecule has 0 unspecified atom stereocenters. The molecule has 18 heavy (non-hydrogen) atoms. The third-order valence-corrected chi connectivity index (χ3v) is 3.44. The lowest BCUT2D eigenvalue weighted by Gasteiger charge is -2.23. The predicted molar refractivity (Wildman–Crippen MR) is 72.4 cm³/mol. The Kier molecular flexibility index (Phi) is 3.53. The predicted octanol–water partition coefficient (Wildman–Crippen LogP) is 2.50. The van der Waals surface area contributed by atoms with E-state index in [1.807, 2.05) is 12.3 Å². The molecule has 1 aliphatic rings. The molecule has 3 heteroatoms. The summed E-state index contributed by atoms with van der Waals surface area (Å²) in [4.78, 5) is 4.45. The molecule has 0 radical (unpaired) electrons. The van der Waals surface area contributed by atoms with E-state index >= 15 is 0 Å². The summed E-state index contributed by atoms with van der Waals surface area (Å²) in [5, 5.41) is 4.55. The summed E-state index contributed by atoms with van der Waals surface area (Å²) >= 11 is 0. The zero-order valence-corrected chi connectivity index (χ0v) is 10.4. The Balaban J connectivity index is 1.74. The first-order valence-electron chi connectivity index (χ1n) is 6.58. The number of pyridine rings is 1. The summed E-state index contributed by atoms with van der Waals surface area (Å²) in [6.07, 6.45) is 4.55. The second kappa shape index (κ2) is 5.46. The number of para-hydroxylation sites is 1. The zero-order chi connectivity index (χ0) is 12.2. The number of aromatic nitrogens is 1. The quantitative estimate of drug-likeness (QED) is 0.898. The Morgan fingerprint density at radius 1 is 1.28 bits per heavy atom. The lowest BCUT2D eigenvalue weighted by Crippen LogP contribution is -2.35. The summed E-state index contributed by atoms with van der Waals surface area (Å²) in [5.74, 6) is 0. The van der Waals surface area contributed by atoms with Crippen LogP contribution in [0, 0.1) is 0 Å². The van der Waals surface area contributed by atoms with E-state index in [4.69, 9.17) is 4.74 Å². The first-order valence-corrected chi connectivity index (χ1v) is 6.58. The van der Waals surface area contributed by atoms with Crippen LogP contribution in [0.1, 0.15) is 18.4 Å². The van der Waals surface area contributed by atoms with Crippen molar-refractivity contribution < 1.29 is 4.74 Å². The summed E-state index contributed by atoms with van der Waals surface area (Å²) in [6, 6.07) is 10.3. The van der Waals surface area contributed by atoms with Crippen LogP contribution in [0.2, 0.25) is 0 Å². The van der Waals surface area contributed by atoms with Crippen molar-refractivity contribution in [3.05, 3.63) is 42.1 Å².